The van der Waals surface area contributed by atoms with Crippen molar-refractivity contribution in [1.82, 2.24) is 5.32 Å². The molecule has 0 aliphatic carbocycles. The lowest BCUT2D eigenvalue weighted by molar-refractivity contribution is -0.132. The van der Waals surface area contributed by atoms with Crippen LogP contribution in [0.15, 0.2) is 48.0 Å². The van der Waals surface area contributed by atoms with Crippen molar-refractivity contribution in [3.05, 3.63) is 53.6 Å². The monoisotopic (exact) mass is 424 g/mol. The zero-order chi connectivity index (χ0) is 22.8. The second-order valence-electron chi connectivity index (χ2n) is 7.66. The first-order valence-corrected chi connectivity index (χ1v) is 10.7. The van der Waals surface area contributed by atoms with Gasteiger partial charge in [-0.1, -0.05) is 56.9 Å². The van der Waals surface area contributed by atoms with Gasteiger partial charge in [0.2, 0.25) is 0 Å². The zero-order valence-electron chi connectivity index (χ0n) is 18.5. The van der Waals surface area contributed by atoms with Crippen LogP contribution in [0.4, 0.5) is 10.5 Å². The standard InChI is InChI=1S/C25H32N2O4/c1-4-5-6-7-8-14-26-25(31)27(3)21-11-9-10-20(17-21)22-13-12-19(16-23(22)28)15-18(2)24(29)30/h9-13,15-17,28H,4-8,14H2,1-3H3,(H,26,31)(H,29,30)/b18-15+. The maximum Gasteiger partial charge on any atom is 0.331 e. The Morgan fingerprint density at radius 2 is 1.81 bits per heavy atom. The molecule has 3 N–H and O–H groups in total. The topological polar surface area (TPSA) is 89.9 Å². The number of anilines is 1. The average molecular weight is 425 g/mol. The molecule has 0 unspecified atom stereocenters. The molecular formula is C25H32N2O4. The van der Waals surface area contributed by atoms with Crippen molar-refractivity contribution in [2.75, 3.05) is 18.5 Å². The lowest BCUT2D eigenvalue weighted by Gasteiger charge is -2.19. The van der Waals surface area contributed by atoms with Crippen LogP contribution in [0, 0.1) is 0 Å². The third-order valence-electron chi connectivity index (χ3n) is 5.15. The molecule has 2 rings (SSSR count). The highest BCUT2D eigenvalue weighted by molar-refractivity contribution is 5.93. The smallest absolute Gasteiger partial charge is 0.331 e. The SMILES string of the molecule is CCCCCCCNC(=O)N(C)c1cccc(-c2ccc(/C=C(\C)C(=O)O)cc2O)c1. The number of carboxylic acids is 1. The molecule has 6 nitrogen and oxygen atoms in total. The van der Waals surface area contributed by atoms with Gasteiger partial charge in [0, 0.05) is 30.4 Å². The number of unbranched alkanes of at least 4 members (excludes halogenated alkanes) is 4. The lowest BCUT2D eigenvalue weighted by atomic mass is 10.0. The Bertz CT molecular complexity index is 937. The maximum absolute atomic E-state index is 12.5. The summed E-state index contributed by atoms with van der Waals surface area (Å²) in [6.45, 7) is 4.33. The number of hydrogen-bond acceptors (Lipinski definition) is 3. The number of nitrogens with one attached hydrogen (secondary N) is 1. The molecule has 0 saturated carbocycles. The van der Waals surface area contributed by atoms with Gasteiger partial charge in [-0.25, -0.2) is 9.59 Å². The molecular weight excluding hydrogens is 392 g/mol. The van der Waals surface area contributed by atoms with E-state index in [9.17, 15) is 14.7 Å². The maximum atomic E-state index is 12.5. The summed E-state index contributed by atoms with van der Waals surface area (Å²) in [6, 6.07) is 12.2. The van der Waals surface area contributed by atoms with Crippen LogP contribution >= 0.6 is 0 Å². The molecule has 0 fully saturated rings. The van der Waals surface area contributed by atoms with Crippen molar-refractivity contribution < 1.29 is 19.8 Å². The number of hydrogen-bond donors (Lipinski definition) is 3. The number of amides is 2. The molecule has 0 heterocycles. The summed E-state index contributed by atoms with van der Waals surface area (Å²) >= 11 is 0. The molecule has 0 aromatic heterocycles. The first-order chi connectivity index (χ1) is 14.8. The summed E-state index contributed by atoms with van der Waals surface area (Å²) in [4.78, 5) is 25.0. The molecule has 0 spiro atoms. The third-order valence-corrected chi connectivity index (χ3v) is 5.15. The Labute approximate surface area is 184 Å². The van der Waals surface area contributed by atoms with E-state index in [4.69, 9.17) is 5.11 Å². The quantitative estimate of drug-likeness (QED) is 0.339. The van der Waals surface area contributed by atoms with Gasteiger partial charge < -0.3 is 15.5 Å². The molecule has 166 valence electrons. The first-order valence-electron chi connectivity index (χ1n) is 10.7. The van der Waals surface area contributed by atoms with Crippen molar-refractivity contribution in [2.24, 2.45) is 0 Å². The van der Waals surface area contributed by atoms with Gasteiger partial charge in [0.05, 0.1) is 0 Å². The fourth-order valence-electron chi connectivity index (χ4n) is 3.24. The molecule has 0 radical (unpaired) electrons. The van der Waals surface area contributed by atoms with Gasteiger partial charge in [0.25, 0.3) is 0 Å². The van der Waals surface area contributed by atoms with Crippen LogP contribution in [0.2, 0.25) is 0 Å². The van der Waals surface area contributed by atoms with E-state index in [1.165, 1.54) is 38.3 Å². The van der Waals surface area contributed by atoms with Crippen LogP contribution in [0.5, 0.6) is 5.75 Å². The van der Waals surface area contributed by atoms with Crippen LogP contribution in [-0.2, 0) is 4.79 Å². The number of rotatable bonds is 10. The Morgan fingerprint density at radius 3 is 2.48 bits per heavy atom. The molecule has 0 aliphatic rings. The van der Waals surface area contributed by atoms with Crippen LogP contribution in [-0.4, -0.2) is 35.8 Å². The average Bonchev–Trinajstić information content (AvgIpc) is 2.75. The molecule has 2 aromatic carbocycles. The van der Waals surface area contributed by atoms with Crippen LogP contribution < -0.4 is 10.2 Å². The van der Waals surface area contributed by atoms with E-state index in [1.807, 2.05) is 24.3 Å². The highest BCUT2D eigenvalue weighted by atomic mass is 16.4. The number of nitrogens with zero attached hydrogens (tertiary/aromatic N) is 1. The van der Waals surface area contributed by atoms with Gasteiger partial charge in [-0.05, 0) is 48.7 Å². The number of aromatic hydroxyl groups is 1. The summed E-state index contributed by atoms with van der Waals surface area (Å²) in [5.41, 5.74) is 2.88. The van der Waals surface area contributed by atoms with Gasteiger partial charge in [-0.15, -0.1) is 0 Å². The van der Waals surface area contributed by atoms with Crippen molar-refractivity contribution >= 4 is 23.8 Å². The fourth-order valence-corrected chi connectivity index (χ4v) is 3.24. The molecule has 2 amide bonds. The first kappa shape index (κ1) is 24.0. The minimum Gasteiger partial charge on any atom is -0.507 e. The van der Waals surface area contributed by atoms with E-state index in [1.54, 1.807) is 24.1 Å². The Morgan fingerprint density at radius 1 is 1.06 bits per heavy atom. The normalized spacial score (nSPS) is 11.3. The number of carboxylic acid groups (broad SMARTS) is 1. The Hall–Kier alpha value is -3.28. The van der Waals surface area contributed by atoms with E-state index in [0.29, 0.717) is 23.4 Å². The van der Waals surface area contributed by atoms with E-state index < -0.39 is 5.97 Å². The van der Waals surface area contributed by atoms with Gasteiger partial charge >= 0.3 is 12.0 Å². The molecule has 0 saturated heterocycles. The third kappa shape index (κ3) is 7.17. The Balaban J connectivity index is 2.08. The van der Waals surface area contributed by atoms with E-state index in [0.717, 1.165) is 18.4 Å². The van der Waals surface area contributed by atoms with Crippen molar-refractivity contribution in [1.29, 1.82) is 0 Å². The summed E-state index contributed by atoms with van der Waals surface area (Å²) < 4.78 is 0. The van der Waals surface area contributed by atoms with Crippen LogP contribution in [0.25, 0.3) is 17.2 Å². The van der Waals surface area contributed by atoms with E-state index in [2.05, 4.69) is 12.2 Å². The van der Waals surface area contributed by atoms with Crippen LogP contribution in [0.1, 0.15) is 51.5 Å². The molecule has 31 heavy (non-hydrogen) atoms. The summed E-state index contributed by atoms with van der Waals surface area (Å²) in [7, 11) is 1.72. The number of benzene rings is 2. The molecule has 0 aliphatic heterocycles. The molecule has 0 atom stereocenters. The van der Waals surface area contributed by atoms with Gasteiger partial charge in [0.1, 0.15) is 5.75 Å². The summed E-state index contributed by atoms with van der Waals surface area (Å²) in [5, 5.41) is 22.4. The number of phenols is 1. The second-order valence-corrected chi connectivity index (χ2v) is 7.66. The van der Waals surface area contributed by atoms with Gasteiger partial charge in [0.15, 0.2) is 0 Å². The minimum absolute atomic E-state index is 0.0447. The van der Waals surface area contributed by atoms with Crippen molar-refractivity contribution in [3.63, 3.8) is 0 Å². The second kappa shape index (κ2) is 11.8. The summed E-state index contributed by atoms with van der Waals surface area (Å²) in [5.74, 6) is -0.957. The van der Waals surface area contributed by atoms with E-state index in [-0.39, 0.29) is 17.4 Å². The number of urea groups is 1. The Kier molecular flexibility index (Phi) is 9.13. The fraction of sp³-hybridized carbons (Fsp3) is 0.360. The predicted octanol–water partition coefficient (Wildman–Crippen LogP) is 5.66. The number of phenolic OH excluding ortho intramolecular Hbond substituents is 1. The van der Waals surface area contributed by atoms with Crippen LogP contribution in [0.3, 0.4) is 0 Å². The van der Waals surface area contributed by atoms with Crippen molar-refractivity contribution in [3.8, 4) is 16.9 Å². The minimum atomic E-state index is -1.00. The summed E-state index contributed by atoms with van der Waals surface area (Å²) in [6.07, 6.45) is 7.20. The molecule has 6 heteroatoms. The van der Waals surface area contributed by atoms with Crippen molar-refractivity contribution in [2.45, 2.75) is 46.0 Å². The van der Waals surface area contributed by atoms with E-state index >= 15 is 0 Å². The molecule has 0 bridgehead atoms. The largest absolute Gasteiger partial charge is 0.507 e. The van der Waals surface area contributed by atoms with Gasteiger partial charge in [-0.2, -0.15) is 0 Å². The predicted molar refractivity (Wildman–Crippen MR) is 125 cm³/mol. The van der Waals surface area contributed by atoms with Gasteiger partial charge in [-0.3, -0.25) is 4.90 Å². The number of aliphatic carboxylic acids is 1. The highest BCUT2D eigenvalue weighted by Gasteiger charge is 2.12. The zero-order valence-corrected chi connectivity index (χ0v) is 18.5. The molecule has 2 aromatic rings. The number of carbonyl (C=O) groups is 2. The number of carbonyl (C=O) groups excluding carboxylic acids is 1. The highest BCUT2D eigenvalue weighted by Crippen LogP contribution is 2.32. The lowest BCUT2D eigenvalue weighted by Crippen LogP contribution is -2.37.